The first-order valence-corrected chi connectivity index (χ1v) is 3.55. The Balaban J connectivity index is 3.13. The van der Waals surface area contributed by atoms with E-state index >= 15 is 0 Å². The Bertz CT molecular complexity index is 322. The Labute approximate surface area is 71.2 Å². The molecule has 0 unspecified atom stereocenters. The van der Waals surface area contributed by atoms with Crippen LogP contribution in [0.25, 0.3) is 6.20 Å². The Morgan fingerprint density at radius 3 is 2.58 bits per heavy atom. The van der Waals surface area contributed by atoms with E-state index in [0.717, 1.165) is 5.69 Å². The van der Waals surface area contributed by atoms with Gasteiger partial charge < -0.3 is 11.5 Å². The van der Waals surface area contributed by atoms with Gasteiger partial charge in [0.15, 0.2) is 0 Å². The van der Waals surface area contributed by atoms with Crippen LogP contribution in [0, 0.1) is 6.92 Å². The van der Waals surface area contributed by atoms with Crippen molar-refractivity contribution in [1.82, 2.24) is 9.55 Å². The summed E-state index contributed by atoms with van der Waals surface area (Å²) in [4.78, 5) is 3.99. The number of imidazole rings is 1. The van der Waals surface area contributed by atoms with Gasteiger partial charge in [-0.2, -0.15) is 0 Å². The lowest BCUT2D eigenvalue weighted by Gasteiger charge is -1.97. The standard InChI is InChI=1S/C8H12N4/c1-3-4-5-12-7(9)6(2)11-8(12)10/h3-5H,1,9H2,2H3,(H2,10,11)/b5-4-. The lowest BCUT2D eigenvalue weighted by Crippen LogP contribution is -1.99. The number of nitrogens with zero attached hydrogens (tertiary/aromatic N) is 2. The summed E-state index contributed by atoms with van der Waals surface area (Å²) in [6.07, 6.45) is 5.11. The Kier molecular flexibility index (Phi) is 2.19. The van der Waals surface area contributed by atoms with E-state index in [1.165, 1.54) is 0 Å². The van der Waals surface area contributed by atoms with E-state index in [2.05, 4.69) is 11.6 Å². The minimum Gasteiger partial charge on any atom is -0.383 e. The van der Waals surface area contributed by atoms with Crippen molar-refractivity contribution >= 4 is 18.0 Å². The van der Waals surface area contributed by atoms with Crippen LogP contribution in [-0.2, 0) is 0 Å². The molecular formula is C8H12N4. The van der Waals surface area contributed by atoms with Crippen molar-refractivity contribution in [2.24, 2.45) is 0 Å². The molecule has 1 aromatic heterocycles. The maximum absolute atomic E-state index is 5.68. The van der Waals surface area contributed by atoms with Crippen molar-refractivity contribution in [1.29, 1.82) is 0 Å². The number of nitrogen functional groups attached to an aromatic ring is 2. The highest BCUT2D eigenvalue weighted by molar-refractivity contribution is 5.53. The third kappa shape index (κ3) is 1.32. The van der Waals surface area contributed by atoms with Gasteiger partial charge in [-0.05, 0) is 13.0 Å². The monoisotopic (exact) mass is 164 g/mol. The normalized spacial score (nSPS) is 10.8. The second-order valence-electron chi connectivity index (χ2n) is 2.39. The van der Waals surface area contributed by atoms with E-state index < -0.39 is 0 Å². The fraction of sp³-hybridized carbons (Fsp3) is 0.125. The summed E-state index contributed by atoms with van der Waals surface area (Å²) < 4.78 is 1.61. The lowest BCUT2D eigenvalue weighted by molar-refractivity contribution is 1.16. The molecule has 0 aliphatic heterocycles. The molecule has 0 spiro atoms. The first-order chi connectivity index (χ1) is 5.66. The lowest BCUT2D eigenvalue weighted by atomic mass is 10.5. The van der Waals surface area contributed by atoms with Gasteiger partial charge in [0, 0.05) is 6.20 Å². The largest absolute Gasteiger partial charge is 0.383 e. The van der Waals surface area contributed by atoms with Crippen molar-refractivity contribution in [3.63, 3.8) is 0 Å². The highest BCUT2D eigenvalue weighted by atomic mass is 15.2. The molecule has 1 heterocycles. The molecule has 0 amide bonds. The number of aromatic nitrogens is 2. The molecule has 0 aliphatic rings. The summed E-state index contributed by atoms with van der Waals surface area (Å²) in [5, 5.41) is 0. The summed E-state index contributed by atoms with van der Waals surface area (Å²) in [6.45, 7) is 5.35. The number of allylic oxidation sites excluding steroid dienone is 2. The second kappa shape index (κ2) is 3.13. The smallest absolute Gasteiger partial charge is 0.206 e. The molecule has 0 aromatic carbocycles. The van der Waals surface area contributed by atoms with Crippen LogP contribution < -0.4 is 11.5 Å². The van der Waals surface area contributed by atoms with E-state index in [4.69, 9.17) is 11.5 Å². The number of hydrogen-bond donors (Lipinski definition) is 2. The van der Waals surface area contributed by atoms with Gasteiger partial charge in [0.2, 0.25) is 5.95 Å². The number of hydrogen-bond acceptors (Lipinski definition) is 3. The van der Waals surface area contributed by atoms with Gasteiger partial charge in [-0.3, -0.25) is 4.57 Å². The number of nitrogens with two attached hydrogens (primary N) is 2. The van der Waals surface area contributed by atoms with Gasteiger partial charge in [0.25, 0.3) is 0 Å². The summed E-state index contributed by atoms with van der Waals surface area (Å²) in [7, 11) is 0. The van der Waals surface area contributed by atoms with E-state index in [0.29, 0.717) is 11.8 Å². The molecule has 0 bridgehead atoms. The molecule has 0 saturated heterocycles. The molecule has 12 heavy (non-hydrogen) atoms. The molecule has 0 aliphatic carbocycles. The SMILES string of the molecule is C=C/C=C\n1c(N)nc(C)c1N. The maximum Gasteiger partial charge on any atom is 0.206 e. The average molecular weight is 164 g/mol. The average Bonchev–Trinajstić information content (AvgIpc) is 2.25. The van der Waals surface area contributed by atoms with Crippen LogP contribution in [-0.4, -0.2) is 9.55 Å². The molecular weight excluding hydrogens is 152 g/mol. The number of anilines is 2. The van der Waals surface area contributed by atoms with E-state index in [9.17, 15) is 0 Å². The van der Waals surface area contributed by atoms with Gasteiger partial charge in [-0.15, -0.1) is 0 Å². The molecule has 0 radical (unpaired) electrons. The van der Waals surface area contributed by atoms with Crippen molar-refractivity contribution in [2.45, 2.75) is 6.92 Å². The van der Waals surface area contributed by atoms with Gasteiger partial charge >= 0.3 is 0 Å². The van der Waals surface area contributed by atoms with Crippen molar-refractivity contribution < 1.29 is 0 Å². The molecule has 4 N–H and O–H groups in total. The first-order valence-electron chi connectivity index (χ1n) is 3.55. The molecule has 4 nitrogen and oxygen atoms in total. The van der Waals surface area contributed by atoms with E-state index in [-0.39, 0.29) is 0 Å². The molecule has 64 valence electrons. The minimum atomic E-state index is 0.392. The fourth-order valence-electron chi connectivity index (χ4n) is 0.884. The maximum atomic E-state index is 5.68. The van der Waals surface area contributed by atoms with Crippen molar-refractivity contribution in [3.05, 3.63) is 24.4 Å². The molecule has 4 heteroatoms. The summed E-state index contributed by atoms with van der Waals surface area (Å²) in [5.41, 5.74) is 12.0. The first kappa shape index (κ1) is 8.39. The van der Waals surface area contributed by atoms with Gasteiger partial charge in [0.1, 0.15) is 5.82 Å². The second-order valence-corrected chi connectivity index (χ2v) is 2.39. The van der Waals surface area contributed by atoms with Crippen LogP contribution in [0.2, 0.25) is 0 Å². The topological polar surface area (TPSA) is 69.9 Å². The van der Waals surface area contributed by atoms with Gasteiger partial charge in [-0.25, -0.2) is 4.98 Å². The zero-order valence-electron chi connectivity index (χ0n) is 6.99. The molecule has 0 atom stereocenters. The molecule has 1 aromatic rings. The zero-order chi connectivity index (χ0) is 9.14. The predicted octanol–water partition coefficient (Wildman–Crippen LogP) is 1.01. The fourth-order valence-corrected chi connectivity index (χ4v) is 0.884. The molecule has 1 rings (SSSR count). The highest BCUT2D eigenvalue weighted by Gasteiger charge is 2.04. The highest BCUT2D eigenvalue weighted by Crippen LogP contribution is 2.14. The summed E-state index contributed by atoms with van der Waals surface area (Å²) >= 11 is 0. The molecule has 0 saturated carbocycles. The van der Waals surface area contributed by atoms with Crippen LogP contribution in [0.1, 0.15) is 5.69 Å². The third-order valence-corrected chi connectivity index (χ3v) is 1.53. The van der Waals surface area contributed by atoms with Crippen molar-refractivity contribution in [2.75, 3.05) is 11.5 Å². The number of aryl methyl sites for hydroxylation is 1. The van der Waals surface area contributed by atoms with Crippen LogP contribution in [0.5, 0.6) is 0 Å². The van der Waals surface area contributed by atoms with Crippen molar-refractivity contribution in [3.8, 4) is 0 Å². The predicted molar refractivity (Wildman–Crippen MR) is 51.3 cm³/mol. The summed E-state index contributed by atoms with van der Waals surface area (Å²) in [5.74, 6) is 0.953. The molecule has 0 fully saturated rings. The van der Waals surface area contributed by atoms with Gasteiger partial charge in [0.05, 0.1) is 5.69 Å². The van der Waals surface area contributed by atoms with Crippen LogP contribution >= 0.6 is 0 Å². The van der Waals surface area contributed by atoms with E-state index in [1.807, 2.05) is 6.92 Å². The Morgan fingerprint density at radius 1 is 1.50 bits per heavy atom. The van der Waals surface area contributed by atoms with E-state index in [1.54, 1.807) is 22.9 Å². The van der Waals surface area contributed by atoms with Crippen LogP contribution in [0.3, 0.4) is 0 Å². The number of rotatable bonds is 2. The van der Waals surface area contributed by atoms with Crippen LogP contribution in [0.4, 0.5) is 11.8 Å². The minimum absolute atomic E-state index is 0.392. The summed E-state index contributed by atoms with van der Waals surface area (Å²) in [6, 6.07) is 0. The zero-order valence-corrected chi connectivity index (χ0v) is 6.99. The Hall–Kier alpha value is -1.71. The third-order valence-electron chi connectivity index (χ3n) is 1.53. The Morgan fingerprint density at radius 2 is 2.17 bits per heavy atom. The van der Waals surface area contributed by atoms with Gasteiger partial charge in [-0.1, -0.05) is 12.7 Å². The van der Waals surface area contributed by atoms with Crippen LogP contribution in [0.15, 0.2) is 18.7 Å². The quantitative estimate of drug-likeness (QED) is 0.641.